The van der Waals surface area contributed by atoms with Crippen LogP contribution in [-0.4, -0.2) is 25.2 Å². The Bertz CT molecular complexity index is 201. The molecule has 2 heteroatoms. The standard InChI is InChI=1S/C14H28N2/c1-12(2)14(7-3-4-9-16-14)10-13-6-5-8-15-11-13/h12-13,15-16H,3-11H2,1-2H3. The molecule has 0 radical (unpaired) electrons. The third-order valence-electron chi connectivity index (χ3n) is 4.68. The topological polar surface area (TPSA) is 24.1 Å². The van der Waals surface area contributed by atoms with Gasteiger partial charge in [0.25, 0.3) is 0 Å². The fraction of sp³-hybridized carbons (Fsp3) is 1.00. The summed E-state index contributed by atoms with van der Waals surface area (Å²) in [4.78, 5) is 0. The Balaban J connectivity index is 1.95. The first-order valence-corrected chi connectivity index (χ1v) is 7.19. The first-order valence-electron chi connectivity index (χ1n) is 7.19. The molecular formula is C14H28N2. The lowest BCUT2D eigenvalue weighted by Gasteiger charge is -2.45. The van der Waals surface area contributed by atoms with Crippen molar-refractivity contribution in [1.29, 1.82) is 0 Å². The van der Waals surface area contributed by atoms with Gasteiger partial charge in [-0.1, -0.05) is 20.3 Å². The van der Waals surface area contributed by atoms with Gasteiger partial charge in [0, 0.05) is 5.54 Å². The molecule has 2 fully saturated rings. The normalized spacial score (nSPS) is 36.6. The molecule has 0 bridgehead atoms. The molecule has 2 nitrogen and oxygen atoms in total. The molecule has 0 spiro atoms. The van der Waals surface area contributed by atoms with Gasteiger partial charge in [0.1, 0.15) is 0 Å². The second-order valence-corrected chi connectivity index (χ2v) is 6.11. The van der Waals surface area contributed by atoms with Crippen molar-refractivity contribution in [2.75, 3.05) is 19.6 Å². The molecule has 2 N–H and O–H groups in total. The van der Waals surface area contributed by atoms with E-state index in [1.807, 2.05) is 0 Å². The van der Waals surface area contributed by atoms with Gasteiger partial charge in [0.05, 0.1) is 0 Å². The number of nitrogens with one attached hydrogen (secondary N) is 2. The highest BCUT2D eigenvalue weighted by Crippen LogP contribution is 2.34. The van der Waals surface area contributed by atoms with Gasteiger partial charge in [-0.05, 0) is 63.6 Å². The molecule has 2 rings (SSSR count). The molecule has 94 valence electrons. The summed E-state index contributed by atoms with van der Waals surface area (Å²) in [5.74, 6) is 1.68. The highest BCUT2D eigenvalue weighted by molar-refractivity contribution is 4.95. The zero-order valence-corrected chi connectivity index (χ0v) is 11.0. The van der Waals surface area contributed by atoms with Crippen molar-refractivity contribution >= 4 is 0 Å². The van der Waals surface area contributed by atoms with Crippen LogP contribution in [0.15, 0.2) is 0 Å². The van der Waals surface area contributed by atoms with E-state index in [1.54, 1.807) is 0 Å². The van der Waals surface area contributed by atoms with Gasteiger partial charge in [-0.15, -0.1) is 0 Å². The van der Waals surface area contributed by atoms with Crippen LogP contribution in [0.1, 0.15) is 52.4 Å². The van der Waals surface area contributed by atoms with Crippen LogP contribution in [0.2, 0.25) is 0 Å². The molecule has 2 atom stereocenters. The quantitative estimate of drug-likeness (QED) is 0.770. The van der Waals surface area contributed by atoms with Gasteiger partial charge in [-0.25, -0.2) is 0 Å². The summed E-state index contributed by atoms with van der Waals surface area (Å²) < 4.78 is 0. The van der Waals surface area contributed by atoms with Gasteiger partial charge >= 0.3 is 0 Å². The summed E-state index contributed by atoms with van der Waals surface area (Å²) in [5, 5.41) is 7.40. The molecule has 0 aromatic carbocycles. The fourth-order valence-corrected chi connectivity index (χ4v) is 3.51. The minimum Gasteiger partial charge on any atom is -0.316 e. The van der Waals surface area contributed by atoms with Crippen molar-refractivity contribution in [2.24, 2.45) is 11.8 Å². The number of hydrogen-bond donors (Lipinski definition) is 2. The molecule has 16 heavy (non-hydrogen) atoms. The van der Waals surface area contributed by atoms with E-state index in [0.717, 1.165) is 11.8 Å². The van der Waals surface area contributed by atoms with E-state index in [4.69, 9.17) is 0 Å². The van der Waals surface area contributed by atoms with Gasteiger partial charge < -0.3 is 10.6 Å². The van der Waals surface area contributed by atoms with Crippen LogP contribution in [0.5, 0.6) is 0 Å². The SMILES string of the molecule is CC(C)C1(CC2CCCNC2)CCCCN1. The smallest absolute Gasteiger partial charge is 0.0207 e. The largest absolute Gasteiger partial charge is 0.316 e. The average molecular weight is 224 g/mol. The predicted molar refractivity (Wildman–Crippen MR) is 69.6 cm³/mol. The van der Waals surface area contributed by atoms with E-state index in [2.05, 4.69) is 24.5 Å². The first kappa shape index (κ1) is 12.4. The van der Waals surface area contributed by atoms with Crippen LogP contribution >= 0.6 is 0 Å². The van der Waals surface area contributed by atoms with Crippen LogP contribution in [0.25, 0.3) is 0 Å². The maximum Gasteiger partial charge on any atom is 0.0207 e. The summed E-state index contributed by atoms with van der Waals surface area (Å²) in [6.45, 7) is 8.51. The highest BCUT2D eigenvalue weighted by atomic mass is 15.0. The van der Waals surface area contributed by atoms with Crippen LogP contribution in [0, 0.1) is 11.8 Å². The summed E-state index contributed by atoms with van der Waals surface area (Å²) in [6, 6.07) is 0. The Kier molecular flexibility index (Phi) is 4.26. The second-order valence-electron chi connectivity index (χ2n) is 6.11. The van der Waals surface area contributed by atoms with E-state index in [-0.39, 0.29) is 0 Å². The lowest BCUT2D eigenvalue weighted by molar-refractivity contribution is 0.133. The molecule has 2 saturated heterocycles. The van der Waals surface area contributed by atoms with Crippen LogP contribution in [-0.2, 0) is 0 Å². The Labute approximate surface area is 101 Å². The second kappa shape index (κ2) is 5.50. The molecule has 0 aliphatic carbocycles. The van der Waals surface area contributed by atoms with E-state index in [1.165, 1.54) is 58.2 Å². The van der Waals surface area contributed by atoms with E-state index in [9.17, 15) is 0 Å². The zero-order chi connectivity index (χ0) is 11.4. The highest BCUT2D eigenvalue weighted by Gasteiger charge is 2.37. The third kappa shape index (κ3) is 2.78. The average Bonchev–Trinajstić information content (AvgIpc) is 2.31. The van der Waals surface area contributed by atoms with E-state index >= 15 is 0 Å². The molecule has 0 amide bonds. The Morgan fingerprint density at radius 1 is 1.19 bits per heavy atom. The molecule has 0 saturated carbocycles. The molecule has 0 aromatic rings. The lowest BCUT2D eigenvalue weighted by atomic mass is 9.72. The van der Waals surface area contributed by atoms with Gasteiger partial charge in [0.15, 0.2) is 0 Å². The van der Waals surface area contributed by atoms with E-state index in [0.29, 0.717) is 5.54 Å². The van der Waals surface area contributed by atoms with Crippen molar-refractivity contribution in [2.45, 2.75) is 57.9 Å². The zero-order valence-electron chi connectivity index (χ0n) is 11.0. The number of rotatable bonds is 3. The van der Waals surface area contributed by atoms with Crippen molar-refractivity contribution in [1.82, 2.24) is 10.6 Å². The maximum absolute atomic E-state index is 3.85. The lowest BCUT2D eigenvalue weighted by Crippen LogP contribution is -2.54. The molecule has 2 unspecified atom stereocenters. The van der Waals surface area contributed by atoms with Crippen LogP contribution in [0.4, 0.5) is 0 Å². The Hall–Kier alpha value is -0.0800. The third-order valence-corrected chi connectivity index (χ3v) is 4.68. The van der Waals surface area contributed by atoms with Crippen molar-refractivity contribution in [3.8, 4) is 0 Å². The summed E-state index contributed by atoms with van der Waals surface area (Å²) in [7, 11) is 0. The summed E-state index contributed by atoms with van der Waals surface area (Å²) in [6.07, 6.45) is 8.38. The number of hydrogen-bond acceptors (Lipinski definition) is 2. The minimum absolute atomic E-state index is 0.446. The van der Waals surface area contributed by atoms with Crippen LogP contribution < -0.4 is 10.6 Å². The Morgan fingerprint density at radius 3 is 2.62 bits per heavy atom. The fourth-order valence-electron chi connectivity index (χ4n) is 3.51. The van der Waals surface area contributed by atoms with Crippen molar-refractivity contribution in [3.63, 3.8) is 0 Å². The van der Waals surface area contributed by atoms with E-state index < -0.39 is 0 Å². The van der Waals surface area contributed by atoms with Gasteiger partial charge in [-0.3, -0.25) is 0 Å². The molecule has 2 heterocycles. The molecule has 2 aliphatic heterocycles. The minimum atomic E-state index is 0.446. The number of piperidine rings is 2. The molecular weight excluding hydrogens is 196 g/mol. The predicted octanol–water partition coefficient (Wildman–Crippen LogP) is 2.54. The maximum atomic E-state index is 3.85. The van der Waals surface area contributed by atoms with Gasteiger partial charge in [-0.2, -0.15) is 0 Å². The van der Waals surface area contributed by atoms with Crippen LogP contribution in [0.3, 0.4) is 0 Å². The summed E-state index contributed by atoms with van der Waals surface area (Å²) >= 11 is 0. The molecule has 0 aromatic heterocycles. The van der Waals surface area contributed by atoms with Gasteiger partial charge in [0.2, 0.25) is 0 Å². The van der Waals surface area contributed by atoms with Crippen molar-refractivity contribution < 1.29 is 0 Å². The summed E-state index contributed by atoms with van der Waals surface area (Å²) in [5.41, 5.74) is 0.446. The Morgan fingerprint density at radius 2 is 2.06 bits per heavy atom. The first-order chi connectivity index (χ1) is 7.73. The monoisotopic (exact) mass is 224 g/mol. The molecule has 2 aliphatic rings. The van der Waals surface area contributed by atoms with Crippen molar-refractivity contribution in [3.05, 3.63) is 0 Å².